The standard InChI is InChI=1S/C22H23BrN2O3/c1-15(26)25-11-10-16-6-4-5-7-19(16)20(25)13-22(27)24(2)14-17-12-18(23)8-9-21(17)28-3/h4-12,20H,13-14H2,1-3H3/t20-/m0/s1. The first-order valence-electron chi connectivity index (χ1n) is 9.03. The van der Waals surface area contributed by atoms with Gasteiger partial charge in [0.25, 0.3) is 0 Å². The predicted molar refractivity (Wildman–Crippen MR) is 113 cm³/mol. The van der Waals surface area contributed by atoms with Gasteiger partial charge in [0.15, 0.2) is 0 Å². The molecule has 0 N–H and O–H groups in total. The molecule has 0 saturated heterocycles. The number of rotatable bonds is 5. The lowest BCUT2D eigenvalue weighted by Crippen LogP contribution is -2.35. The fourth-order valence-corrected chi connectivity index (χ4v) is 3.86. The van der Waals surface area contributed by atoms with Crippen molar-refractivity contribution in [2.75, 3.05) is 14.2 Å². The van der Waals surface area contributed by atoms with Crippen LogP contribution in [0.3, 0.4) is 0 Å². The molecule has 2 aromatic rings. The van der Waals surface area contributed by atoms with E-state index in [0.717, 1.165) is 26.9 Å². The van der Waals surface area contributed by atoms with Gasteiger partial charge in [-0.15, -0.1) is 0 Å². The lowest BCUT2D eigenvalue weighted by Gasteiger charge is -2.33. The average molecular weight is 443 g/mol. The molecule has 0 bridgehead atoms. The number of amides is 2. The first-order valence-corrected chi connectivity index (χ1v) is 9.82. The van der Waals surface area contributed by atoms with Crippen molar-refractivity contribution < 1.29 is 14.3 Å². The number of methoxy groups -OCH3 is 1. The van der Waals surface area contributed by atoms with Crippen molar-refractivity contribution >= 4 is 33.8 Å². The van der Waals surface area contributed by atoms with E-state index in [-0.39, 0.29) is 24.3 Å². The number of carbonyl (C=O) groups is 2. The van der Waals surface area contributed by atoms with Crippen LogP contribution in [-0.2, 0) is 16.1 Å². The van der Waals surface area contributed by atoms with Crippen molar-refractivity contribution in [2.24, 2.45) is 0 Å². The van der Waals surface area contributed by atoms with E-state index in [0.29, 0.717) is 6.54 Å². The highest BCUT2D eigenvalue weighted by atomic mass is 79.9. The van der Waals surface area contributed by atoms with Gasteiger partial charge in [-0.25, -0.2) is 0 Å². The Labute approximate surface area is 173 Å². The molecule has 0 saturated carbocycles. The molecule has 5 nitrogen and oxygen atoms in total. The summed E-state index contributed by atoms with van der Waals surface area (Å²) in [7, 11) is 3.38. The molecule has 6 heteroatoms. The Balaban J connectivity index is 1.80. The first kappa shape index (κ1) is 20.1. The molecule has 1 heterocycles. The molecule has 0 unspecified atom stereocenters. The van der Waals surface area contributed by atoms with E-state index in [1.807, 2.05) is 48.5 Å². The van der Waals surface area contributed by atoms with Crippen LogP contribution in [-0.4, -0.2) is 35.8 Å². The minimum atomic E-state index is -0.307. The van der Waals surface area contributed by atoms with Crippen LogP contribution in [0, 0.1) is 0 Å². The van der Waals surface area contributed by atoms with Crippen molar-refractivity contribution in [1.29, 1.82) is 0 Å². The molecule has 0 radical (unpaired) electrons. The lowest BCUT2D eigenvalue weighted by atomic mass is 9.93. The number of nitrogens with zero attached hydrogens (tertiary/aromatic N) is 2. The van der Waals surface area contributed by atoms with Crippen LogP contribution in [0.25, 0.3) is 6.08 Å². The fraction of sp³-hybridized carbons (Fsp3) is 0.273. The van der Waals surface area contributed by atoms with Gasteiger partial charge in [-0.05, 0) is 35.4 Å². The van der Waals surface area contributed by atoms with Gasteiger partial charge in [0.1, 0.15) is 5.75 Å². The number of ether oxygens (including phenoxy) is 1. The Kier molecular flexibility index (Phi) is 6.19. The topological polar surface area (TPSA) is 49.9 Å². The maximum Gasteiger partial charge on any atom is 0.225 e. The van der Waals surface area contributed by atoms with Crippen molar-refractivity contribution in [3.05, 3.63) is 69.8 Å². The van der Waals surface area contributed by atoms with Crippen LogP contribution in [0.15, 0.2) is 53.1 Å². The third-order valence-electron chi connectivity index (χ3n) is 4.91. The lowest BCUT2D eigenvalue weighted by molar-refractivity contribution is -0.134. The molecular formula is C22H23BrN2O3. The molecule has 146 valence electrons. The Bertz CT molecular complexity index is 926. The monoisotopic (exact) mass is 442 g/mol. The Morgan fingerprint density at radius 2 is 1.96 bits per heavy atom. The predicted octanol–water partition coefficient (Wildman–Crippen LogP) is 4.38. The van der Waals surface area contributed by atoms with E-state index in [4.69, 9.17) is 4.74 Å². The third kappa shape index (κ3) is 4.28. The molecule has 0 fully saturated rings. The largest absolute Gasteiger partial charge is 0.496 e. The first-order chi connectivity index (χ1) is 13.4. The number of halogens is 1. The van der Waals surface area contributed by atoms with Crippen molar-refractivity contribution in [2.45, 2.75) is 25.9 Å². The molecule has 1 atom stereocenters. The number of hydrogen-bond acceptors (Lipinski definition) is 3. The summed E-state index contributed by atoms with van der Waals surface area (Å²) in [6.45, 7) is 1.94. The summed E-state index contributed by atoms with van der Waals surface area (Å²) in [5.41, 5.74) is 2.94. The maximum absolute atomic E-state index is 13.0. The van der Waals surface area contributed by atoms with Gasteiger partial charge < -0.3 is 14.5 Å². The van der Waals surface area contributed by atoms with Crippen LogP contribution in [0.5, 0.6) is 5.75 Å². The zero-order chi connectivity index (χ0) is 20.3. The van der Waals surface area contributed by atoms with Gasteiger partial charge in [0, 0.05) is 36.8 Å². The quantitative estimate of drug-likeness (QED) is 0.689. The molecule has 2 amide bonds. The Morgan fingerprint density at radius 1 is 1.21 bits per heavy atom. The summed E-state index contributed by atoms with van der Waals surface area (Å²) < 4.78 is 6.33. The molecule has 28 heavy (non-hydrogen) atoms. The summed E-state index contributed by atoms with van der Waals surface area (Å²) >= 11 is 3.46. The van der Waals surface area contributed by atoms with Gasteiger partial charge >= 0.3 is 0 Å². The van der Waals surface area contributed by atoms with E-state index < -0.39 is 0 Å². The molecule has 0 spiro atoms. The van der Waals surface area contributed by atoms with Crippen LogP contribution in [0.1, 0.15) is 36.1 Å². The zero-order valence-electron chi connectivity index (χ0n) is 16.2. The molecular weight excluding hydrogens is 420 g/mol. The smallest absolute Gasteiger partial charge is 0.225 e. The minimum absolute atomic E-state index is 0.0385. The zero-order valence-corrected chi connectivity index (χ0v) is 17.8. The normalized spacial score (nSPS) is 15.1. The molecule has 0 aliphatic carbocycles. The van der Waals surface area contributed by atoms with E-state index >= 15 is 0 Å². The fourth-order valence-electron chi connectivity index (χ4n) is 3.45. The van der Waals surface area contributed by atoms with Gasteiger partial charge in [-0.2, -0.15) is 0 Å². The molecule has 1 aliphatic heterocycles. The summed E-state index contributed by atoms with van der Waals surface area (Å²) in [5, 5.41) is 0. The molecule has 1 aliphatic rings. The maximum atomic E-state index is 13.0. The van der Waals surface area contributed by atoms with Crippen LogP contribution in [0.2, 0.25) is 0 Å². The summed E-state index contributed by atoms with van der Waals surface area (Å²) in [6.07, 6.45) is 3.89. The van der Waals surface area contributed by atoms with Crippen molar-refractivity contribution in [1.82, 2.24) is 9.80 Å². The third-order valence-corrected chi connectivity index (χ3v) is 5.41. The Hall–Kier alpha value is -2.60. The summed E-state index contributed by atoms with van der Waals surface area (Å²) in [6, 6.07) is 13.3. The van der Waals surface area contributed by atoms with Crippen LogP contribution in [0.4, 0.5) is 0 Å². The SMILES string of the molecule is COc1ccc(Br)cc1CN(C)C(=O)C[C@H]1c2ccccc2C=CN1C(C)=O. The number of carbonyl (C=O) groups excluding carboxylic acids is 2. The van der Waals surface area contributed by atoms with E-state index in [1.54, 1.807) is 30.2 Å². The minimum Gasteiger partial charge on any atom is -0.496 e. The van der Waals surface area contributed by atoms with Gasteiger partial charge in [0.2, 0.25) is 11.8 Å². The van der Waals surface area contributed by atoms with Crippen LogP contribution < -0.4 is 4.74 Å². The second-order valence-electron chi connectivity index (χ2n) is 6.80. The summed E-state index contributed by atoms with van der Waals surface area (Å²) in [5.74, 6) is 0.613. The van der Waals surface area contributed by atoms with E-state index in [1.165, 1.54) is 6.92 Å². The second kappa shape index (κ2) is 8.61. The van der Waals surface area contributed by atoms with Gasteiger partial charge in [-0.3, -0.25) is 9.59 Å². The van der Waals surface area contributed by atoms with Crippen molar-refractivity contribution in [3.8, 4) is 5.75 Å². The number of benzene rings is 2. The molecule has 3 rings (SSSR count). The van der Waals surface area contributed by atoms with E-state index in [2.05, 4.69) is 15.9 Å². The second-order valence-corrected chi connectivity index (χ2v) is 7.71. The van der Waals surface area contributed by atoms with Gasteiger partial charge in [0.05, 0.1) is 19.6 Å². The number of hydrogen-bond donors (Lipinski definition) is 0. The number of fused-ring (bicyclic) bond motifs is 1. The highest BCUT2D eigenvalue weighted by Gasteiger charge is 2.29. The van der Waals surface area contributed by atoms with Gasteiger partial charge in [-0.1, -0.05) is 40.2 Å². The average Bonchev–Trinajstić information content (AvgIpc) is 2.68. The van der Waals surface area contributed by atoms with Crippen LogP contribution >= 0.6 is 15.9 Å². The Morgan fingerprint density at radius 3 is 2.68 bits per heavy atom. The highest BCUT2D eigenvalue weighted by Crippen LogP contribution is 2.33. The van der Waals surface area contributed by atoms with Crippen molar-refractivity contribution in [3.63, 3.8) is 0 Å². The summed E-state index contributed by atoms with van der Waals surface area (Å²) in [4.78, 5) is 28.4. The highest BCUT2D eigenvalue weighted by molar-refractivity contribution is 9.10. The van der Waals surface area contributed by atoms with E-state index in [9.17, 15) is 9.59 Å². The molecule has 2 aromatic carbocycles. The molecule has 0 aromatic heterocycles.